The minimum absolute atomic E-state index is 0.0739. The van der Waals surface area contributed by atoms with E-state index in [0.717, 1.165) is 5.56 Å². The highest BCUT2D eigenvalue weighted by Gasteiger charge is 2.44. The Bertz CT molecular complexity index is 1440. The fourth-order valence-electron chi connectivity index (χ4n) is 4.41. The van der Waals surface area contributed by atoms with Crippen molar-refractivity contribution in [1.82, 2.24) is 24.8 Å². The highest BCUT2D eigenvalue weighted by molar-refractivity contribution is 6.08. The van der Waals surface area contributed by atoms with Crippen LogP contribution in [0.15, 0.2) is 67.3 Å². The minimum Gasteiger partial charge on any atom is -0.387 e. The summed E-state index contributed by atoms with van der Waals surface area (Å²) in [6.07, 6.45) is -1.55. The summed E-state index contributed by atoms with van der Waals surface area (Å²) in [5.41, 5.74) is 14.5. The third-order valence-corrected chi connectivity index (χ3v) is 6.52. The number of nitrogens with one attached hydrogen (secondary N) is 1. The van der Waals surface area contributed by atoms with Gasteiger partial charge in [-0.1, -0.05) is 54.6 Å². The van der Waals surface area contributed by atoms with Crippen LogP contribution in [0, 0.1) is 0 Å². The second kappa shape index (κ2) is 10.6. The first kappa shape index (κ1) is 25.4. The zero-order chi connectivity index (χ0) is 26.8. The summed E-state index contributed by atoms with van der Waals surface area (Å²) in [5, 5.41) is 23.8. The number of ketones is 1. The second-order valence-corrected chi connectivity index (χ2v) is 9.08. The molecule has 0 unspecified atom stereocenters. The van der Waals surface area contributed by atoms with E-state index in [-0.39, 0.29) is 24.6 Å². The monoisotopic (exact) mass is 517 g/mol. The van der Waals surface area contributed by atoms with E-state index in [1.807, 2.05) is 6.07 Å². The van der Waals surface area contributed by atoms with Crippen molar-refractivity contribution in [3.05, 3.63) is 83.9 Å². The number of carbonyl (C=O) groups excluding carboxylic acids is 2. The molecule has 1 fully saturated rings. The quantitative estimate of drug-likeness (QED) is 0.198. The zero-order valence-electron chi connectivity index (χ0n) is 20.2. The number of anilines is 1. The average Bonchev–Trinajstić information content (AvgIpc) is 3.49. The number of benzene rings is 2. The number of aliphatic hydroxyl groups excluding tert-OH is 2. The van der Waals surface area contributed by atoms with E-state index in [4.69, 9.17) is 16.2 Å². The lowest BCUT2D eigenvalue weighted by Crippen LogP contribution is -2.46. The predicted molar refractivity (Wildman–Crippen MR) is 137 cm³/mol. The topological polar surface area (TPSA) is 192 Å². The molecule has 5 rings (SSSR count). The van der Waals surface area contributed by atoms with Gasteiger partial charge in [-0.3, -0.25) is 14.2 Å². The lowest BCUT2D eigenvalue weighted by Gasteiger charge is -2.18. The summed E-state index contributed by atoms with van der Waals surface area (Å²) in [5.74, 6) is -0.358. The molecule has 0 radical (unpaired) electrons. The molecule has 2 aromatic carbocycles. The largest absolute Gasteiger partial charge is 0.387 e. The number of amides is 1. The number of nitrogen functional groups attached to an aromatic ring is 1. The Balaban J connectivity index is 1.16. The number of aromatic nitrogens is 4. The summed E-state index contributed by atoms with van der Waals surface area (Å²) < 4.78 is 7.29. The Morgan fingerprint density at radius 1 is 1.00 bits per heavy atom. The van der Waals surface area contributed by atoms with Crippen LogP contribution < -0.4 is 16.8 Å². The van der Waals surface area contributed by atoms with Crippen LogP contribution in [-0.4, -0.2) is 72.3 Å². The molecule has 0 aliphatic carbocycles. The highest BCUT2D eigenvalue weighted by Crippen LogP contribution is 2.31. The third kappa shape index (κ3) is 4.97. The van der Waals surface area contributed by atoms with Crippen LogP contribution in [0.1, 0.15) is 27.7 Å². The van der Waals surface area contributed by atoms with E-state index in [1.54, 1.807) is 48.5 Å². The van der Waals surface area contributed by atoms with E-state index in [2.05, 4.69) is 20.3 Å². The Morgan fingerprint density at radius 2 is 1.71 bits per heavy atom. The molecular weight excluding hydrogens is 490 g/mol. The smallest absolute Gasteiger partial charge is 0.237 e. The molecule has 0 bridgehead atoms. The number of carbonyl (C=O) groups is 2. The first-order valence-electron chi connectivity index (χ1n) is 12.0. The lowest BCUT2D eigenvalue weighted by atomic mass is 9.99. The van der Waals surface area contributed by atoms with E-state index in [9.17, 15) is 19.8 Å². The Kier molecular flexibility index (Phi) is 7.11. The maximum absolute atomic E-state index is 12.6. The Labute approximate surface area is 217 Å². The van der Waals surface area contributed by atoms with Gasteiger partial charge in [-0.05, 0) is 12.0 Å². The number of imidazole rings is 1. The van der Waals surface area contributed by atoms with E-state index >= 15 is 0 Å². The molecule has 196 valence electrons. The number of ether oxygens (including phenoxy) is 1. The summed E-state index contributed by atoms with van der Waals surface area (Å²) in [4.78, 5) is 37.4. The molecule has 1 aliphatic heterocycles. The van der Waals surface area contributed by atoms with E-state index < -0.39 is 36.5 Å². The van der Waals surface area contributed by atoms with Gasteiger partial charge >= 0.3 is 0 Å². The molecule has 0 saturated carbocycles. The van der Waals surface area contributed by atoms with Crippen LogP contribution in [0.2, 0.25) is 0 Å². The predicted octanol–water partition coefficient (Wildman–Crippen LogP) is -0.0551. The van der Waals surface area contributed by atoms with Gasteiger partial charge in [-0.25, -0.2) is 15.0 Å². The van der Waals surface area contributed by atoms with E-state index in [1.165, 1.54) is 17.2 Å². The van der Waals surface area contributed by atoms with Crippen LogP contribution in [0.25, 0.3) is 11.2 Å². The molecule has 1 amide bonds. The van der Waals surface area contributed by atoms with Crippen molar-refractivity contribution >= 4 is 28.7 Å². The number of hydrogen-bond acceptors (Lipinski definition) is 10. The van der Waals surface area contributed by atoms with Gasteiger partial charge in [0.2, 0.25) is 5.91 Å². The molecule has 38 heavy (non-hydrogen) atoms. The maximum atomic E-state index is 12.6. The summed E-state index contributed by atoms with van der Waals surface area (Å²) in [6.45, 7) is -0.0739. The van der Waals surface area contributed by atoms with Crippen molar-refractivity contribution in [2.24, 2.45) is 5.73 Å². The van der Waals surface area contributed by atoms with Gasteiger partial charge < -0.3 is 31.7 Å². The molecule has 7 N–H and O–H groups in total. The number of nitrogens with two attached hydrogens (primary N) is 2. The second-order valence-electron chi connectivity index (χ2n) is 9.08. The Morgan fingerprint density at radius 3 is 2.45 bits per heavy atom. The fraction of sp³-hybridized carbons (Fsp3) is 0.269. The van der Waals surface area contributed by atoms with Gasteiger partial charge in [0, 0.05) is 17.7 Å². The first-order chi connectivity index (χ1) is 18.3. The lowest BCUT2D eigenvalue weighted by molar-refractivity contribution is -0.123. The molecule has 0 spiro atoms. The molecule has 4 aromatic rings. The van der Waals surface area contributed by atoms with Crippen LogP contribution in [0.4, 0.5) is 5.82 Å². The number of aliphatic hydroxyl groups is 2. The number of fused-ring (bicyclic) bond motifs is 1. The van der Waals surface area contributed by atoms with Crippen molar-refractivity contribution in [3.63, 3.8) is 0 Å². The molecular formula is C26H27N7O5. The number of nitrogens with zero attached hydrogens (tertiary/aromatic N) is 4. The van der Waals surface area contributed by atoms with Gasteiger partial charge in [0.15, 0.2) is 23.5 Å². The van der Waals surface area contributed by atoms with Gasteiger partial charge in [0.25, 0.3) is 0 Å². The minimum atomic E-state index is -1.30. The van der Waals surface area contributed by atoms with Crippen molar-refractivity contribution < 1.29 is 24.5 Å². The number of hydrogen-bond donors (Lipinski definition) is 5. The van der Waals surface area contributed by atoms with Crippen molar-refractivity contribution in [3.8, 4) is 0 Å². The van der Waals surface area contributed by atoms with Crippen LogP contribution in [-0.2, 0) is 16.0 Å². The van der Waals surface area contributed by atoms with Gasteiger partial charge in [0.1, 0.15) is 30.2 Å². The van der Waals surface area contributed by atoms with Crippen LogP contribution in [0.3, 0.4) is 0 Å². The molecule has 1 saturated heterocycles. The normalized spacial score (nSPS) is 21.9. The van der Waals surface area contributed by atoms with Crippen molar-refractivity contribution in [1.29, 1.82) is 0 Å². The molecule has 2 aromatic heterocycles. The number of rotatable bonds is 8. The molecule has 3 heterocycles. The zero-order valence-corrected chi connectivity index (χ0v) is 20.2. The van der Waals surface area contributed by atoms with E-state index in [0.29, 0.717) is 22.3 Å². The molecule has 12 heteroatoms. The Hall–Kier alpha value is -4.23. The molecule has 5 atom stereocenters. The first-order valence-corrected chi connectivity index (χ1v) is 12.0. The summed E-state index contributed by atoms with van der Waals surface area (Å²) in [6, 6.07) is 15.0. The van der Waals surface area contributed by atoms with Gasteiger partial charge in [-0.2, -0.15) is 0 Å². The maximum Gasteiger partial charge on any atom is 0.237 e. The molecule has 12 nitrogen and oxygen atoms in total. The van der Waals surface area contributed by atoms with Crippen molar-refractivity contribution in [2.45, 2.75) is 37.0 Å². The fourth-order valence-corrected chi connectivity index (χ4v) is 4.41. The highest BCUT2D eigenvalue weighted by atomic mass is 16.6. The van der Waals surface area contributed by atoms with Gasteiger partial charge in [0.05, 0.1) is 12.4 Å². The average molecular weight is 518 g/mol. The van der Waals surface area contributed by atoms with Crippen LogP contribution >= 0.6 is 0 Å². The van der Waals surface area contributed by atoms with Gasteiger partial charge in [-0.15, -0.1) is 0 Å². The standard InChI is InChI=1S/C26H27N7O5/c27-17(10-14-6-8-16(9-7-14)20(34)15-4-2-1-3-5-15)25(37)29-11-18-21(35)22(36)26(38-18)33-13-32-19-23(28)30-12-31-24(19)33/h1-9,12-13,17-18,21-22,26,35-36H,10-11,27H2,(H,29,37)(H2,28,30,31)/t17-,18+,21+,22+,26+/m0/s1. The van der Waals surface area contributed by atoms with Crippen molar-refractivity contribution in [2.75, 3.05) is 12.3 Å². The third-order valence-electron chi connectivity index (χ3n) is 6.52. The summed E-state index contributed by atoms with van der Waals surface area (Å²) in [7, 11) is 0. The van der Waals surface area contributed by atoms with Crippen LogP contribution in [0.5, 0.6) is 0 Å². The molecule has 1 aliphatic rings. The SMILES string of the molecule is Nc1ncnc2c1ncn2[C@@H]1O[C@H](CNC(=O)[C@@H](N)Cc2ccc(C(=O)c3ccccc3)cc2)[C@@H](O)[C@H]1O. The summed E-state index contributed by atoms with van der Waals surface area (Å²) >= 11 is 0.